The standard InChI is InChI=1S/C20H24N4/c1-14(12-24-7-3-4-15(24)2)20-9-17-8-16(5-6-19(17)23-20)18-10-21-13-22-11-18/h5-6,8-11,13-15,23H,3-4,7,12H2,1-2H3/t14?,15-/m1/s1. The molecule has 4 nitrogen and oxygen atoms in total. The Hall–Kier alpha value is -2.20. The van der Waals surface area contributed by atoms with E-state index in [0.717, 1.165) is 23.7 Å². The van der Waals surface area contributed by atoms with Crippen molar-refractivity contribution in [3.8, 4) is 11.1 Å². The molecule has 3 heterocycles. The number of aromatic amines is 1. The Bertz CT molecular complexity index is 824. The molecule has 1 aromatic carbocycles. The van der Waals surface area contributed by atoms with Gasteiger partial charge in [-0.2, -0.15) is 0 Å². The molecule has 2 atom stereocenters. The van der Waals surface area contributed by atoms with Crippen molar-refractivity contribution in [1.82, 2.24) is 19.9 Å². The van der Waals surface area contributed by atoms with Crippen LogP contribution in [0.5, 0.6) is 0 Å². The average Bonchev–Trinajstić information content (AvgIpc) is 3.21. The van der Waals surface area contributed by atoms with Gasteiger partial charge in [0.25, 0.3) is 0 Å². The average molecular weight is 320 g/mol. The third kappa shape index (κ3) is 2.94. The maximum atomic E-state index is 4.11. The van der Waals surface area contributed by atoms with Gasteiger partial charge in [0.05, 0.1) is 0 Å². The van der Waals surface area contributed by atoms with Crippen molar-refractivity contribution in [2.45, 2.75) is 38.6 Å². The van der Waals surface area contributed by atoms with E-state index in [2.05, 4.69) is 58.0 Å². The molecule has 1 aliphatic rings. The highest BCUT2D eigenvalue weighted by Gasteiger charge is 2.22. The lowest BCUT2D eigenvalue weighted by atomic mass is 10.1. The van der Waals surface area contributed by atoms with Crippen LogP contribution in [0, 0.1) is 0 Å². The maximum absolute atomic E-state index is 4.11. The molecule has 0 amide bonds. The first kappa shape index (κ1) is 15.3. The minimum Gasteiger partial charge on any atom is -0.358 e. The Morgan fingerprint density at radius 2 is 2.04 bits per heavy atom. The monoisotopic (exact) mass is 320 g/mol. The third-order valence-electron chi connectivity index (χ3n) is 5.27. The van der Waals surface area contributed by atoms with E-state index < -0.39 is 0 Å². The summed E-state index contributed by atoms with van der Waals surface area (Å²) in [6, 6.07) is 9.54. The third-order valence-corrected chi connectivity index (χ3v) is 5.27. The molecule has 0 radical (unpaired) electrons. The summed E-state index contributed by atoms with van der Waals surface area (Å²) >= 11 is 0. The molecular formula is C20H24N4. The van der Waals surface area contributed by atoms with Gasteiger partial charge < -0.3 is 9.88 Å². The number of hydrogen-bond acceptors (Lipinski definition) is 3. The lowest BCUT2D eigenvalue weighted by molar-refractivity contribution is 0.255. The van der Waals surface area contributed by atoms with Gasteiger partial charge in [0, 0.05) is 53.1 Å². The van der Waals surface area contributed by atoms with Gasteiger partial charge in [-0.3, -0.25) is 0 Å². The molecule has 2 aromatic heterocycles. The zero-order valence-corrected chi connectivity index (χ0v) is 14.4. The van der Waals surface area contributed by atoms with Crippen LogP contribution in [-0.4, -0.2) is 39.0 Å². The van der Waals surface area contributed by atoms with E-state index in [0.29, 0.717) is 5.92 Å². The van der Waals surface area contributed by atoms with Crippen LogP contribution < -0.4 is 0 Å². The zero-order valence-electron chi connectivity index (χ0n) is 14.4. The van der Waals surface area contributed by atoms with E-state index in [1.54, 1.807) is 6.33 Å². The predicted molar refractivity (Wildman–Crippen MR) is 98.0 cm³/mol. The minimum absolute atomic E-state index is 0.515. The summed E-state index contributed by atoms with van der Waals surface area (Å²) in [5.41, 5.74) is 4.74. The molecule has 24 heavy (non-hydrogen) atoms. The summed E-state index contributed by atoms with van der Waals surface area (Å²) in [5, 5.41) is 1.26. The number of fused-ring (bicyclic) bond motifs is 1. The van der Waals surface area contributed by atoms with Gasteiger partial charge in [0.2, 0.25) is 0 Å². The molecule has 0 saturated carbocycles. The molecule has 3 aromatic rings. The number of hydrogen-bond donors (Lipinski definition) is 1. The molecule has 1 fully saturated rings. The first-order chi connectivity index (χ1) is 11.7. The highest BCUT2D eigenvalue weighted by Crippen LogP contribution is 2.28. The fourth-order valence-corrected chi connectivity index (χ4v) is 3.76. The van der Waals surface area contributed by atoms with Gasteiger partial charge in [-0.25, -0.2) is 9.97 Å². The summed E-state index contributed by atoms with van der Waals surface area (Å²) in [6.45, 7) is 7.04. The number of nitrogens with one attached hydrogen (secondary N) is 1. The van der Waals surface area contributed by atoms with Gasteiger partial charge in [-0.1, -0.05) is 13.0 Å². The highest BCUT2D eigenvalue weighted by atomic mass is 15.2. The van der Waals surface area contributed by atoms with Crippen molar-refractivity contribution in [3.05, 3.63) is 48.7 Å². The van der Waals surface area contributed by atoms with E-state index in [1.807, 2.05) is 12.4 Å². The first-order valence-electron chi connectivity index (χ1n) is 8.83. The molecule has 1 saturated heterocycles. The second kappa shape index (κ2) is 6.36. The topological polar surface area (TPSA) is 44.8 Å². The normalized spacial score (nSPS) is 19.8. The summed E-state index contributed by atoms with van der Waals surface area (Å²) in [7, 11) is 0. The fraction of sp³-hybridized carbons (Fsp3) is 0.400. The van der Waals surface area contributed by atoms with Gasteiger partial charge in [-0.05, 0) is 50.1 Å². The number of likely N-dealkylation sites (tertiary alicyclic amines) is 1. The lowest BCUT2D eigenvalue weighted by Gasteiger charge is -2.24. The Kier molecular flexibility index (Phi) is 4.07. The number of H-pyrrole nitrogens is 1. The molecule has 1 N–H and O–H groups in total. The van der Waals surface area contributed by atoms with Crippen LogP contribution in [0.1, 0.15) is 38.3 Å². The minimum atomic E-state index is 0.515. The van der Waals surface area contributed by atoms with E-state index in [-0.39, 0.29) is 0 Å². The quantitative estimate of drug-likeness (QED) is 0.783. The van der Waals surface area contributed by atoms with Crippen LogP contribution in [0.3, 0.4) is 0 Å². The van der Waals surface area contributed by atoms with Gasteiger partial charge in [0.15, 0.2) is 0 Å². The van der Waals surface area contributed by atoms with E-state index >= 15 is 0 Å². The Labute approximate surface area is 142 Å². The number of rotatable bonds is 4. The largest absolute Gasteiger partial charge is 0.358 e. The van der Waals surface area contributed by atoms with Crippen LogP contribution in [-0.2, 0) is 0 Å². The van der Waals surface area contributed by atoms with Gasteiger partial charge >= 0.3 is 0 Å². The number of aromatic nitrogens is 3. The number of benzene rings is 1. The van der Waals surface area contributed by atoms with Crippen molar-refractivity contribution in [1.29, 1.82) is 0 Å². The smallest absolute Gasteiger partial charge is 0.115 e. The van der Waals surface area contributed by atoms with Crippen LogP contribution in [0.4, 0.5) is 0 Å². The highest BCUT2D eigenvalue weighted by molar-refractivity contribution is 5.85. The molecule has 1 unspecified atom stereocenters. The van der Waals surface area contributed by atoms with Crippen LogP contribution in [0.15, 0.2) is 43.0 Å². The molecule has 4 rings (SSSR count). The Balaban J connectivity index is 1.59. The molecule has 0 spiro atoms. The lowest BCUT2D eigenvalue weighted by Crippen LogP contribution is -2.30. The molecular weight excluding hydrogens is 296 g/mol. The summed E-state index contributed by atoms with van der Waals surface area (Å²) in [6.07, 6.45) is 7.96. The second-order valence-electron chi connectivity index (χ2n) is 7.04. The Morgan fingerprint density at radius 1 is 1.21 bits per heavy atom. The molecule has 0 aliphatic carbocycles. The van der Waals surface area contributed by atoms with Crippen molar-refractivity contribution < 1.29 is 0 Å². The van der Waals surface area contributed by atoms with Crippen LogP contribution in [0.25, 0.3) is 22.0 Å². The van der Waals surface area contributed by atoms with Crippen molar-refractivity contribution in [3.63, 3.8) is 0 Å². The SMILES string of the molecule is CC(CN1CCC[C@H]1C)c1cc2cc(-c3cncnc3)ccc2[nH]1. The van der Waals surface area contributed by atoms with E-state index in [9.17, 15) is 0 Å². The summed E-state index contributed by atoms with van der Waals surface area (Å²) in [4.78, 5) is 14.4. The maximum Gasteiger partial charge on any atom is 0.115 e. The van der Waals surface area contributed by atoms with Gasteiger partial charge in [0.1, 0.15) is 6.33 Å². The van der Waals surface area contributed by atoms with E-state index in [4.69, 9.17) is 0 Å². The Morgan fingerprint density at radius 3 is 2.79 bits per heavy atom. The second-order valence-corrected chi connectivity index (χ2v) is 7.04. The fourth-order valence-electron chi connectivity index (χ4n) is 3.76. The molecule has 124 valence electrons. The molecule has 1 aliphatic heterocycles. The zero-order chi connectivity index (χ0) is 16.5. The van der Waals surface area contributed by atoms with Gasteiger partial charge in [-0.15, -0.1) is 0 Å². The predicted octanol–water partition coefficient (Wildman–Crippen LogP) is 4.21. The van der Waals surface area contributed by atoms with Crippen LogP contribution in [0.2, 0.25) is 0 Å². The number of nitrogens with zero attached hydrogens (tertiary/aromatic N) is 3. The molecule has 4 heteroatoms. The first-order valence-corrected chi connectivity index (χ1v) is 8.83. The van der Waals surface area contributed by atoms with Crippen molar-refractivity contribution in [2.24, 2.45) is 0 Å². The van der Waals surface area contributed by atoms with E-state index in [1.165, 1.54) is 36.0 Å². The van der Waals surface area contributed by atoms with Crippen molar-refractivity contribution in [2.75, 3.05) is 13.1 Å². The molecule has 0 bridgehead atoms. The van der Waals surface area contributed by atoms with Crippen molar-refractivity contribution >= 4 is 10.9 Å². The summed E-state index contributed by atoms with van der Waals surface area (Å²) in [5.74, 6) is 0.515. The van der Waals surface area contributed by atoms with Crippen LogP contribution >= 0.6 is 0 Å². The summed E-state index contributed by atoms with van der Waals surface area (Å²) < 4.78 is 0.